The summed E-state index contributed by atoms with van der Waals surface area (Å²) in [5.41, 5.74) is 1.69. The molecular weight excluding hydrogens is 238 g/mol. The molecule has 2 heterocycles. The number of nitrogens with one attached hydrogen (secondary N) is 2. The first-order chi connectivity index (χ1) is 9.35. The quantitative estimate of drug-likeness (QED) is 0.859. The number of hydrogen-bond donors (Lipinski definition) is 2. The van der Waals surface area contributed by atoms with Crippen LogP contribution in [0.2, 0.25) is 0 Å². The summed E-state index contributed by atoms with van der Waals surface area (Å²) in [7, 11) is 1.82. The van der Waals surface area contributed by atoms with Crippen molar-refractivity contribution >= 4 is 11.8 Å². The number of hydrogen-bond acceptors (Lipinski definition) is 5. The van der Waals surface area contributed by atoms with Crippen molar-refractivity contribution in [3.8, 4) is 11.4 Å². The van der Waals surface area contributed by atoms with E-state index in [0.717, 1.165) is 29.7 Å². The van der Waals surface area contributed by atoms with E-state index >= 15 is 0 Å². The van der Waals surface area contributed by atoms with E-state index in [9.17, 15) is 0 Å². The van der Waals surface area contributed by atoms with Gasteiger partial charge in [-0.25, -0.2) is 4.98 Å². The van der Waals surface area contributed by atoms with Crippen LogP contribution >= 0.6 is 0 Å². The zero-order valence-corrected chi connectivity index (χ0v) is 10.9. The molecule has 19 heavy (non-hydrogen) atoms. The van der Waals surface area contributed by atoms with Crippen LogP contribution in [0.4, 0.5) is 11.8 Å². The molecule has 1 saturated carbocycles. The molecule has 0 spiro atoms. The molecule has 1 fully saturated rings. The second kappa shape index (κ2) is 5.22. The van der Waals surface area contributed by atoms with Crippen LogP contribution in [-0.2, 0) is 0 Å². The lowest BCUT2D eigenvalue weighted by Gasteiger charge is -2.09. The van der Waals surface area contributed by atoms with Crippen LogP contribution in [0.15, 0.2) is 30.5 Å². The summed E-state index contributed by atoms with van der Waals surface area (Å²) in [5.74, 6) is 2.28. The molecule has 0 unspecified atom stereocenters. The summed E-state index contributed by atoms with van der Waals surface area (Å²) in [4.78, 5) is 13.2. The molecule has 0 radical (unpaired) electrons. The number of aromatic nitrogens is 3. The second-order valence-corrected chi connectivity index (χ2v) is 4.75. The molecule has 0 saturated heterocycles. The first-order valence-electron chi connectivity index (χ1n) is 6.57. The van der Waals surface area contributed by atoms with Gasteiger partial charge in [-0.15, -0.1) is 0 Å². The lowest BCUT2D eigenvalue weighted by atomic mass is 10.2. The van der Waals surface area contributed by atoms with Crippen LogP contribution in [0, 0.1) is 5.92 Å². The molecule has 5 heteroatoms. The van der Waals surface area contributed by atoms with Gasteiger partial charge in [0.05, 0.1) is 11.4 Å². The van der Waals surface area contributed by atoms with Crippen molar-refractivity contribution in [3.05, 3.63) is 30.5 Å². The fraction of sp³-hybridized carbons (Fsp3) is 0.357. The Morgan fingerprint density at radius 3 is 2.79 bits per heavy atom. The van der Waals surface area contributed by atoms with Crippen molar-refractivity contribution in [2.24, 2.45) is 5.92 Å². The van der Waals surface area contributed by atoms with Gasteiger partial charge in [0.2, 0.25) is 5.95 Å². The molecule has 5 nitrogen and oxygen atoms in total. The van der Waals surface area contributed by atoms with E-state index in [1.807, 2.05) is 31.3 Å². The van der Waals surface area contributed by atoms with Crippen LogP contribution in [0.25, 0.3) is 11.4 Å². The molecule has 0 bridgehead atoms. The van der Waals surface area contributed by atoms with Crippen LogP contribution in [-0.4, -0.2) is 28.5 Å². The normalized spacial score (nSPS) is 14.2. The highest BCUT2D eigenvalue weighted by atomic mass is 15.1. The molecule has 0 atom stereocenters. The molecule has 2 N–H and O–H groups in total. The van der Waals surface area contributed by atoms with Gasteiger partial charge in [-0.2, -0.15) is 4.98 Å². The molecule has 0 amide bonds. The molecule has 2 aromatic rings. The van der Waals surface area contributed by atoms with Crippen molar-refractivity contribution < 1.29 is 0 Å². The largest absolute Gasteiger partial charge is 0.370 e. The van der Waals surface area contributed by atoms with Gasteiger partial charge in [0.15, 0.2) is 0 Å². The standard InChI is InChI=1S/C14H17N5/c1-15-14-18-12(11-4-2-3-7-16-11)8-13(19-14)17-9-10-5-6-10/h2-4,7-8,10H,5-6,9H2,1H3,(H2,15,17,18,19). The lowest BCUT2D eigenvalue weighted by Crippen LogP contribution is -2.08. The number of pyridine rings is 1. The molecule has 0 aliphatic heterocycles. The van der Waals surface area contributed by atoms with Crippen LogP contribution < -0.4 is 10.6 Å². The van der Waals surface area contributed by atoms with E-state index in [2.05, 4.69) is 25.6 Å². The second-order valence-electron chi connectivity index (χ2n) is 4.75. The van der Waals surface area contributed by atoms with E-state index in [-0.39, 0.29) is 0 Å². The van der Waals surface area contributed by atoms with Crippen LogP contribution in [0.1, 0.15) is 12.8 Å². The highest BCUT2D eigenvalue weighted by molar-refractivity contribution is 5.60. The Morgan fingerprint density at radius 1 is 1.21 bits per heavy atom. The Morgan fingerprint density at radius 2 is 2.11 bits per heavy atom. The molecular formula is C14H17N5. The fourth-order valence-electron chi connectivity index (χ4n) is 1.87. The number of anilines is 2. The minimum Gasteiger partial charge on any atom is -0.370 e. The summed E-state index contributed by atoms with van der Waals surface area (Å²) in [6.07, 6.45) is 4.42. The summed E-state index contributed by atoms with van der Waals surface area (Å²) in [6, 6.07) is 7.76. The number of nitrogens with zero attached hydrogens (tertiary/aromatic N) is 3. The molecule has 3 rings (SSSR count). The summed E-state index contributed by atoms with van der Waals surface area (Å²) in [6.45, 7) is 0.988. The first kappa shape index (κ1) is 11.9. The maximum Gasteiger partial charge on any atom is 0.224 e. The fourth-order valence-corrected chi connectivity index (χ4v) is 1.87. The Bertz CT molecular complexity index is 551. The van der Waals surface area contributed by atoms with Crippen molar-refractivity contribution in [2.45, 2.75) is 12.8 Å². The third kappa shape index (κ3) is 2.99. The SMILES string of the molecule is CNc1nc(NCC2CC2)cc(-c2ccccn2)n1. The highest BCUT2D eigenvalue weighted by Crippen LogP contribution is 2.29. The van der Waals surface area contributed by atoms with Gasteiger partial charge in [0, 0.05) is 25.9 Å². The third-order valence-corrected chi connectivity index (χ3v) is 3.15. The zero-order valence-electron chi connectivity index (χ0n) is 10.9. The summed E-state index contributed by atoms with van der Waals surface area (Å²) in [5, 5.41) is 6.36. The average Bonchev–Trinajstić information content (AvgIpc) is 3.30. The van der Waals surface area contributed by atoms with E-state index < -0.39 is 0 Å². The minimum atomic E-state index is 0.612. The molecule has 98 valence electrons. The predicted molar refractivity (Wildman–Crippen MR) is 76.0 cm³/mol. The van der Waals surface area contributed by atoms with Crippen LogP contribution in [0.5, 0.6) is 0 Å². The molecule has 1 aliphatic carbocycles. The van der Waals surface area contributed by atoms with Gasteiger partial charge in [-0.1, -0.05) is 6.07 Å². The summed E-state index contributed by atoms with van der Waals surface area (Å²) >= 11 is 0. The maximum atomic E-state index is 4.44. The van der Waals surface area contributed by atoms with Crippen LogP contribution in [0.3, 0.4) is 0 Å². The number of rotatable bonds is 5. The Labute approximate surface area is 112 Å². The van der Waals surface area contributed by atoms with Crippen molar-refractivity contribution in [1.82, 2.24) is 15.0 Å². The average molecular weight is 255 g/mol. The predicted octanol–water partition coefficient (Wildman–Crippen LogP) is 2.40. The van der Waals surface area contributed by atoms with E-state index in [4.69, 9.17) is 0 Å². The van der Waals surface area contributed by atoms with Crippen molar-refractivity contribution in [1.29, 1.82) is 0 Å². The van der Waals surface area contributed by atoms with Gasteiger partial charge in [-0.05, 0) is 30.9 Å². The van der Waals surface area contributed by atoms with Gasteiger partial charge in [-0.3, -0.25) is 4.98 Å². The minimum absolute atomic E-state index is 0.612. The monoisotopic (exact) mass is 255 g/mol. The Hall–Kier alpha value is -2.17. The van der Waals surface area contributed by atoms with Crippen molar-refractivity contribution in [3.63, 3.8) is 0 Å². The lowest BCUT2D eigenvalue weighted by molar-refractivity contribution is 0.881. The van der Waals surface area contributed by atoms with E-state index in [0.29, 0.717) is 5.95 Å². The van der Waals surface area contributed by atoms with Gasteiger partial charge >= 0.3 is 0 Å². The molecule has 0 aromatic carbocycles. The zero-order chi connectivity index (χ0) is 13.1. The van der Waals surface area contributed by atoms with Crippen molar-refractivity contribution in [2.75, 3.05) is 24.2 Å². The first-order valence-corrected chi connectivity index (χ1v) is 6.57. The van der Waals surface area contributed by atoms with Gasteiger partial charge in [0.1, 0.15) is 5.82 Å². The maximum absolute atomic E-state index is 4.44. The Kier molecular flexibility index (Phi) is 3.27. The summed E-state index contributed by atoms with van der Waals surface area (Å²) < 4.78 is 0. The smallest absolute Gasteiger partial charge is 0.224 e. The Balaban J connectivity index is 1.87. The molecule has 1 aliphatic rings. The topological polar surface area (TPSA) is 62.7 Å². The highest BCUT2D eigenvalue weighted by Gasteiger charge is 2.21. The van der Waals surface area contributed by atoms with E-state index in [1.165, 1.54) is 12.8 Å². The van der Waals surface area contributed by atoms with Gasteiger partial charge < -0.3 is 10.6 Å². The van der Waals surface area contributed by atoms with Gasteiger partial charge in [0.25, 0.3) is 0 Å². The van der Waals surface area contributed by atoms with E-state index in [1.54, 1.807) is 6.20 Å². The molecule has 2 aromatic heterocycles. The third-order valence-electron chi connectivity index (χ3n) is 3.15.